The number of thioether (sulfide) groups is 1. The largest absolute Gasteiger partial charge is 0.316 e. The minimum atomic E-state index is -0.334. The lowest BCUT2D eigenvalue weighted by Gasteiger charge is -2.11. The van der Waals surface area contributed by atoms with E-state index in [9.17, 15) is 14.4 Å². The Balaban J connectivity index is 1.72. The van der Waals surface area contributed by atoms with Crippen molar-refractivity contribution in [3.05, 3.63) is 46.1 Å². The SMILES string of the molecule is C[C@H](Sc1ccc(F)cc1)C(=O)Nc1sc2c(c1C#N)CCCCC2. The van der Waals surface area contributed by atoms with Gasteiger partial charge in [0.15, 0.2) is 0 Å². The van der Waals surface area contributed by atoms with Gasteiger partial charge < -0.3 is 5.32 Å². The third-order valence-corrected chi connectivity index (χ3v) is 6.58. The Bertz CT molecular complexity index is 808. The van der Waals surface area contributed by atoms with E-state index in [0.29, 0.717) is 10.6 Å². The van der Waals surface area contributed by atoms with Crippen molar-refractivity contribution in [2.24, 2.45) is 0 Å². The Morgan fingerprint density at radius 3 is 2.72 bits per heavy atom. The van der Waals surface area contributed by atoms with Gasteiger partial charge in [-0.2, -0.15) is 5.26 Å². The molecule has 1 atom stereocenters. The Kier molecular flexibility index (Phi) is 5.77. The molecule has 1 aromatic heterocycles. The van der Waals surface area contributed by atoms with Crippen LogP contribution in [0.1, 0.15) is 42.2 Å². The molecule has 6 heteroatoms. The van der Waals surface area contributed by atoms with E-state index in [0.717, 1.165) is 36.1 Å². The summed E-state index contributed by atoms with van der Waals surface area (Å²) < 4.78 is 13.0. The molecule has 3 nitrogen and oxygen atoms in total. The van der Waals surface area contributed by atoms with Gasteiger partial charge in [-0.25, -0.2) is 4.39 Å². The third kappa shape index (κ3) is 4.23. The van der Waals surface area contributed by atoms with Crippen LogP contribution in [0.25, 0.3) is 0 Å². The van der Waals surface area contributed by atoms with Crippen molar-refractivity contribution < 1.29 is 9.18 Å². The number of anilines is 1. The average Bonchev–Trinajstić information content (AvgIpc) is 2.76. The molecule has 0 fully saturated rings. The first-order valence-corrected chi connectivity index (χ1v) is 10.1. The van der Waals surface area contributed by atoms with Gasteiger partial charge in [-0.15, -0.1) is 23.1 Å². The number of nitrogens with one attached hydrogen (secondary N) is 1. The number of nitrogens with zero attached hydrogens (tertiary/aromatic N) is 1. The number of rotatable bonds is 4. The second-order valence-electron chi connectivity index (χ2n) is 6.08. The van der Waals surface area contributed by atoms with E-state index >= 15 is 0 Å². The molecule has 0 saturated carbocycles. The molecule has 0 saturated heterocycles. The van der Waals surface area contributed by atoms with Crippen molar-refractivity contribution in [1.82, 2.24) is 0 Å². The van der Waals surface area contributed by atoms with Gasteiger partial charge in [0.2, 0.25) is 5.91 Å². The molecule has 1 aliphatic rings. The van der Waals surface area contributed by atoms with Crippen molar-refractivity contribution in [1.29, 1.82) is 5.26 Å². The number of hydrogen-bond donors (Lipinski definition) is 1. The molecule has 0 spiro atoms. The topological polar surface area (TPSA) is 52.9 Å². The van der Waals surface area contributed by atoms with Crippen LogP contribution in [0, 0.1) is 17.1 Å². The van der Waals surface area contributed by atoms with Crippen molar-refractivity contribution >= 4 is 34.0 Å². The van der Waals surface area contributed by atoms with Crippen LogP contribution < -0.4 is 5.32 Å². The van der Waals surface area contributed by atoms with Crippen molar-refractivity contribution in [3.63, 3.8) is 0 Å². The van der Waals surface area contributed by atoms with E-state index < -0.39 is 0 Å². The molecule has 1 aliphatic carbocycles. The third-order valence-electron chi connectivity index (χ3n) is 4.27. The van der Waals surface area contributed by atoms with Gasteiger partial charge in [0.25, 0.3) is 0 Å². The molecule has 1 N–H and O–H groups in total. The lowest BCUT2D eigenvalue weighted by molar-refractivity contribution is -0.115. The molecule has 0 unspecified atom stereocenters. The number of nitriles is 1. The maximum atomic E-state index is 13.0. The highest BCUT2D eigenvalue weighted by Crippen LogP contribution is 2.37. The fraction of sp³-hybridized carbons (Fsp3) is 0.368. The van der Waals surface area contributed by atoms with Crippen molar-refractivity contribution in [3.8, 4) is 6.07 Å². The van der Waals surface area contributed by atoms with Crippen LogP contribution in [0.4, 0.5) is 9.39 Å². The lowest BCUT2D eigenvalue weighted by Crippen LogP contribution is -2.22. The van der Waals surface area contributed by atoms with Gasteiger partial charge in [0.1, 0.15) is 16.9 Å². The molecule has 0 aliphatic heterocycles. The Morgan fingerprint density at radius 1 is 1.28 bits per heavy atom. The maximum absolute atomic E-state index is 13.0. The summed E-state index contributed by atoms with van der Waals surface area (Å²) in [5.74, 6) is -0.428. The van der Waals surface area contributed by atoms with E-state index in [1.165, 1.54) is 35.2 Å². The maximum Gasteiger partial charge on any atom is 0.238 e. The number of hydrogen-bond acceptors (Lipinski definition) is 4. The highest BCUT2D eigenvalue weighted by molar-refractivity contribution is 8.00. The van der Waals surface area contributed by atoms with E-state index in [2.05, 4.69) is 11.4 Å². The number of benzene rings is 1. The number of carbonyl (C=O) groups is 1. The molecule has 1 amide bonds. The Hall–Kier alpha value is -1.84. The zero-order valence-electron chi connectivity index (χ0n) is 14.0. The van der Waals surface area contributed by atoms with Crippen molar-refractivity contribution in [2.75, 3.05) is 5.32 Å². The molecule has 1 heterocycles. The van der Waals surface area contributed by atoms with Gasteiger partial charge >= 0.3 is 0 Å². The minimum absolute atomic E-state index is 0.137. The fourth-order valence-electron chi connectivity index (χ4n) is 2.93. The lowest BCUT2D eigenvalue weighted by atomic mass is 10.1. The summed E-state index contributed by atoms with van der Waals surface area (Å²) in [6.45, 7) is 1.81. The van der Waals surface area contributed by atoms with Gasteiger partial charge in [-0.05, 0) is 62.4 Å². The average molecular weight is 375 g/mol. The first kappa shape index (κ1) is 18.0. The molecule has 25 heavy (non-hydrogen) atoms. The molecular weight excluding hydrogens is 355 g/mol. The van der Waals surface area contributed by atoms with Crippen LogP contribution in [0.5, 0.6) is 0 Å². The molecule has 3 rings (SSSR count). The molecule has 1 aromatic carbocycles. The number of amides is 1. The van der Waals surface area contributed by atoms with Crippen LogP contribution in [0.15, 0.2) is 29.2 Å². The summed E-state index contributed by atoms with van der Waals surface area (Å²) in [5, 5.41) is 12.8. The summed E-state index contributed by atoms with van der Waals surface area (Å²) >= 11 is 2.91. The minimum Gasteiger partial charge on any atom is -0.316 e. The predicted molar refractivity (Wildman–Crippen MR) is 101 cm³/mol. The molecular formula is C19H19FN2OS2. The smallest absolute Gasteiger partial charge is 0.238 e. The van der Waals surface area contributed by atoms with Crippen LogP contribution in [0.2, 0.25) is 0 Å². The first-order valence-electron chi connectivity index (χ1n) is 8.36. The summed E-state index contributed by atoms with van der Waals surface area (Å²) in [5.41, 5.74) is 1.76. The second kappa shape index (κ2) is 8.03. The highest BCUT2D eigenvalue weighted by atomic mass is 32.2. The normalized spacial score (nSPS) is 14.9. The first-order chi connectivity index (χ1) is 12.1. The Labute approximate surface area is 155 Å². The van der Waals surface area contributed by atoms with Crippen LogP contribution >= 0.6 is 23.1 Å². The standard InChI is InChI=1S/C19H19FN2OS2/c1-12(24-14-9-7-13(20)8-10-14)18(23)22-19-16(11-21)15-5-3-2-4-6-17(15)25-19/h7-10,12H,2-6H2,1H3,(H,22,23)/t12-/m0/s1. The summed E-state index contributed by atoms with van der Waals surface area (Å²) in [4.78, 5) is 14.6. The van der Waals surface area contributed by atoms with E-state index in [1.807, 2.05) is 6.92 Å². The number of thiophene rings is 1. The monoisotopic (exact) mass is 374 g/mol. The quantitative estimate of drug-likeness (QED) is 0.595. The number of halogens is 1. The zero-order valence-corrected chi connectivity index (χ0v) is 15.6. The summed E-state index contributed by atoms with van der Waals surface area (Å²) in [6.07, 6.45) is 5.35. The van der Waals surface area contributed by atoms with Crippen LogP contribution in [-0.4, -0.2) is 11.2 Å². The second-order valence-corrected chi connectivity index (χ2v) is 8.60. The molecule has 2 aromatic rings. The summed E-state index contributed by atoms with van der Waals surface area (Å²) in [7, 11) is 0. The van der Waals surface area contributed by atoms with Crippen LogP contribution in [-0.2, 0) is 17.6 Å². The predicted octanol–water partition coefficient (Wildman–Crippen LogP) is 5.15. The van der Waals surface area contributed by atoms with Gasteiger partial charge in [0.05, 0.1) is 10.8 Å². The van der Waals surface area contributed by atoms with Gasteiger partial charge in [-0.3, -0.25) is 4.79 Å². The van der Waals surface area contributed by atoms with Gasteiger partial charge in [-0.1, -0.05) is 6.42 Å². The van der Waals surface area contributed by atoms with E-state index in [-0.39, 0.29) is 17.0 Å². The highest BCUT2D eigenvalue weighted by Gasteiger charge is 2.23. The van der Waals surface area contributed by atoms with Crippen molar-refractivity contribution in [2.45, 2.75) is 49.2 Å². The fourth-order valence-corrected chi connectivity index (χ4v) is 5.04. The number of fused-ring (bicyclic) bond motifs is 1. The number of carbonyl (C=O) groups excluding carboxylic acids is 1. The molecule has 0 radical (unpaired) electrons. The molecule has 0 bridgehead atoms. The Morgan fingerprint density at radius 2 is 2.00 bits per heavy atom. The number of aryl methyl sites for hydroxylation is 1. The molecule has 130 valence electrons. The summed E-state index contributed by atoms with van der Waals surface area (Å²) in [6, 6.07) is 8.38. The zero-order chi connectivity index (χ0) is 17.8. The van der Waals surface area contributed by atoms with Gasteiger partial charge in [0, 0.05) is 9.77 Å². The van der Waals surface area contributed by atoms with E-state index in [4.69, 9.17) is 0 Å². The van der Waals surface area contributed by atoms with Crippen LogP contribution in [0.3, 0.4) is 0 Å². The van der Waals surface area contributed by atoms with E-state index in [1.54, 1.807) is 23.5 Å².